The summed E-state index contributed by atoms with van der Waals surface area (Å²) >= 11 is 0. The molecule has 3 aromatic carbocycles. The van der Waals surface area contributed by atoms with Crippen molar-refractivity contribution in [2.75, 3.05) is 11.9 Å². The highest BCUT2D eigenvalue weighted by molar-refractivity contribution is 6.14. The van der Waals surface area contributed by atoms with Gasteiger partial charge in [-0.1, -0.05) is 60.7 Å². The Hall–Kier alpha value is -4.05. The van der Waals surface area contributed by atoms with Crippen molar-refractivity contribution < 1.29 is 4.57 Å². The Morgan fingerprint density at radius 1 is 0.794 bits per heavy atom. The predicted molar refractivity (Wildman–Crippen MR) is 141 cm³/mol. The van der Waals surface area contributed by atoms with Gasteiger partial charge in [-0.15, -0.1) is 0 Å². The summed E-state index contributed by atoms with van der Waals surface area (Å²) in [7, 11) is 4.33. The smallest absolute Gasteiger partial charge is 0.293 e. The number of rotatable bonds is 3. The van der Waals surface area contributed by atoms with E-state index in [1.807, 2.05) is 0 Å². The third-order valence-electron chi connectivity index (χ3n) is 7.22. The molecule has 4 heteroatoms. The van der Waals surface area contributed by atoms with Crippen LogP contribution in [0.4, 0.5) is 5.82 Å². The van der Waals surface area contributed by atoms with Gasteiger partial charge < -0.3 is 9.47 Å². The first-order valence-electron chi connectivity index (χ1n) is 11.8. The molecule has 34 heavy (non-hydrogen) atoms. The number of aromatic nitrogens is 2. The highest BCUT2D eigenvalue weighted by Crippen LogP contribution is 2.40. The van der Waals surface area contributed by atoms with Crippen molar-refractivity contribution in [3.8, 4) is 16.9 Å². The Bertz CT molecular complexity index is 1560. The molecule has 6 rings (SSSR count). The van der Waals surface area contributed by atoms with E-state index in [1.165, 1.54) is 50.1 Å². The first-order chi connectivity index (χ1) is 16.6. The second-order valence-electron chi connectivity index (χ2n) is 9.18. The fraction of sp³-hybridized carbons (Fsp3) is 0.167. The first-order valence-corrected chi connectivity index (χ1v) is 11.8. The van der Waals surface area contributed by atoms with Gasteiger partial charge in [-0.25, -0.2) is 9.47 Å². The third-order valence-corrected chi connectivity index (χ3v) is 7.22. The SMILES string of the molecule is Cc1ccccc1-c1cc2c(c(N3C=CN(C)[C@@H]3C)[n+]1C)c1ccccc1n2-c1ccccc1. The lowest BCUT2D eigenvalue weighted by molar-refractivity contribution is -0.646. The van der Waals surface area contributed by atoms with Gasteiger partial charge in [0.15, 0.2) is 6.17 Å². The number of para-hydroxylation sites is 2. The van der Waals surface area contributed by atoms with E-state index in [0.29, 0.717) is 0 Å². The largest absolute Gasteiger partial charge is 0.339 e. The number of hydrogen-bond donors (Lipinski definition) is 0. The lowest BCUT2D eigenvalue weighted by Crippen LogP contribution is -2.44. The molecule has 0 unspecified atom stereocenters. The molecule has 0 radical (unpaired) electrons. The summed E-state index contributed by atoms with van der Waals surface area (Å²) in [5.74, 6) is 1.20. The quantitative estimate of drug-likeness (QED) is 0.309. The summed E-state index contributed by atoms with van der Waals surface area (Å²) in [6, 6.07) is 30.5. The summed E-state index contributed by atoms with van der Waals surface area (Å²) < 4.78 is 4.77. The van der Waals surface area contributed by atoms with Crippen LogP contribution in [0.5, 0.6) is 0 Å². The van der Waals surface area contributed by atoms with Gasteiger partial charge in [-0.05, 0) is 37.6 Å². The molecule has 4 nitrogen and oxygen atoms in total. The second-order valence-corrected chi connectivity index (χ2v) is 9.18. The Morgan fingerprint density at radius 2 is 1.50 bits per heavy atom. The van der Waals surface area contributed by atoms with Crippen LogP contribution in [-0.2, 0) is 7.05 Å². The molecule has 1 aliphatic heterocycles. The van der Waals surface area contributed by atoms with E-state index in [2.05, 4.69) is 144 Å². The number of anilines is 1. The van der Waals surface area contributed by atoms with Gasteiger partial charge in [0, 0.05) is 36.0 Å². The van der Waals surface area contributed by atoms with Gasteiger partial charge in [0.05, 0.1) is 23.5 Å². The number of fused-ring (bicyclic) bond motifs is 3. The summed E-state index contributed by atoms with van der Waals surface area (Å²) in [5, 5.41) is 2.53. The molecule has 0 fully saturated rings. The second kappa shape index (κ2) is 7.77. The standard InChI is InChI=1S/C30H29N4/c1-21-12-8-9-15-24(21)27-20-28-29(30(32(27)4)33-19-18-31(3)22(33)2)25-16-10-11-17-26(25)34(28)23-13-6-5-7-14-23/h5-20,22H,1-4H3/q+1/t22-/m0/s1. The van der Waals surface area contributed by atoms with Crippen molar-refractivity contribution >= 4 is 27.6 Å². The molecule has 0 amide bonds. The maximum absolute atomic E-state index is 2.41. The van der Waals surface area contributed by atoms with Crippen molar-refractivity contribution in [2.24, 2.45) is 7.05 Å². The lowest BCUT2D eigenvalue weighted by atomic mass is 10.0. The zero-order valence-electron chi connectivity index (χ0n) is 20.1. The van der Waals surface area contributed by atoms with Gasteiger partial charge in [-0.3, -0.25) is 0 Å². The van der Waals surface area contributed by atoms with E-state index in [1.54, 1.807) is 0 Å². The zero-order valence-corrected chi connectivity index (χ0v) is 20.1. The predicted octanol–water partition coefficient (Wildman–Crippen LogP) is 6.15. The Kier molecular flexibility index (Phi) is 4.70. The van der Waals surface area contributed by atoms with Crippen LogP contribution >= 0.6 is 0 Å². The molecule has 3 heterocycles. The molecule has 0 bridgehead atoms. The van der Waals surface area contributed by atoms with Crippen LogP contribution in [0.3, 0.4) is 0 Å². The average molecular weight is 446 g/mol. The maximum atomic E-state index is 2.41. The van der Waals surface area contributed by atoms with Crippen LogP contribution < -0.4 is 9.47 Å². The molecule has 5 aromatic rings. The fourth-order valence-corrected chi connectivity index (χ4v) is 5.29. The summed E-state index contributed by atoms with van der Waals surface area (Å²) in [5.41, 5.74) is 7.34. The van der Waals surface area contributed by atoms with Crippen molar-refractivity contribution in [3.05, 3.63) is 103 Å². The molecule has 1 aliphatic rings. The Balaban J connectivity index is 1.81. The van der Waals surface area contributed by atoms with Crippen molar-refractivity contribution in [2.45, 2.75) is 20.0 Å². The van der Waals surface area contributed by atoms with Crippen LogP contribution in [0, 0.1) is 6.92 Å². The first kappa shape index (κ1) is 20.5. The van der Waals surface area contributed by atoms with Gasteiger partial charge in [0.1, 0.15) is 11.9 Å². The minimum atomic E-state index is 0.223. The molecule has 2 aromatic heterocycles. The summed E-state index contributed by atoms with van der Waals surface area (Å²) in [6.45, 7) is 4.45. The van der Waals surface area contributed by atoms with Crippen LogP contribution in [-0.4, -0.2) is 22.7 Å². The highest BCUT2D eigenvalue weighted by atomic mass is 15.4. The lowest BCUT2D eigenvalue weighted by Gasteiger charge is -2.23. The molecule has 0 N–H and O–H groups in total. The number of benzene rings is 3. The molecular weight excluding hydrogens is 416 g/mol. The van der Waals surface area contributed by atoms with Gasteiger partial charge >= 0.3 is 0 Å². The molecule has 0 spiro atoms. The highest BCUT2D eigenvalue weighted by Gasteiger charge is 2.35. The topological polar surface area (TPSA) is 15.3 Å². The van der Waals surface area contributed by atoms with Crippen molar-refractivity contribution in [3.63, 3.8) is 0 Å². The van der Waals surface area contributed by atoms with E-state index in [0.717, 1.165) is 0 Å². The molecule has 168 valence electrons. The van der Waals surface area contributed by atoms with Crippen molar-refractivity contribution in [1.29, 1.82) is 0 Å². The third kappa shape index (κ3) is 2.95. The molecule has 1 atom stereocenters. The normalized spacial score (nSPS) is 15.7. The molecular formula is C30H29N4+. The molecule has 0 saturated heterocycles. The summed E-state index contributed by atoms with van der Waals surface area (Å²) in [4.78, 5) is 4.65. The van der Waals surface area contributed by atoms with E-state index >= 15 is 0 Å². The minimum absolute atomic E-state index is 0.223. The number of nitrogens with zero attached hydrogens (tertiary/aromatic N) is 4. The van der Waals surface area contributed by atoms with E-state index in [4.69, 9.17) is 0 Å². The fourth-order valence-electron chi connectivity index (χ4n) is 5.29. The van der Waals surface area contributed by atoms with Gasteiger partial charge in [0.25, 0.3) is 5.82 Å². The number of pyridine rings is 1. The van der Waals surface area contributed by atoms with Crippen LogP contribution in [0.25, 0.3) is 38.8 Å². The van der Waals surface area contributed by atoms with E-state index in [9.17, 15) is 0 Å². The maximum Gasteiger partial charge on any atom is 0.293 e. The number of aryl methyl sites for hydroxylation is 1. The average Bonchev–Trinajstić information content (AvgIpc) is 3.36. The van der Waals surface area contributed by atoms with Gasteiger partial charge in [0.2, 0.25) is 0 Å². The monoisotopic (exact) mass is 445 g/mol. The number of hydrogen-bond acceptors (Lipinski definition) is 2. The van der Waals surface area contributed by atoms with Crippen LogP contribution in [0.15, 0.2) is 97.3 Å². The molecule has 0 aliphatic carbocycles. The van der Waals surface area contributed by atoms with Crippen LogP contribution in [0.2, 0.25) is 0 Å². The summed E-state index contributed by atoms with van der Waals surface area (Å²) in [6.07, 6.45) is 4.59. The molecule has 0 saturated carbocycles. The van der Waals surface area contributed by atoms with Crippen molar-refractivity contribution in [1.82, 2.24) is 9.47 Å². The van der Waals surface area contributed by atoms with E-state index in [-0.39, 0.29) is 6.17 Å². The zero-order chi connectivity index (χ0) is 23.4. The van der Waals surface area contributed by atoms with E-state index < -0.39 is 0 Å². The van der Waals surface area contributed by atoms with Gasteiger partial charge in [-0.2, -0.15) is 0 Å². The Labute approximate surface area is 200 Å². The minimum Gasteiger partial charge on any atom is -0.339 e. The van der Waals surface area contributed by atoms with Crippen LogP contribution in [0.1, 0.15) is 12.5 Å². The Morgan fingerprint density at radius 3 is 2.24 bits per heavy atom.